The summed E-state index contributed by atoms with van der Waals surface area (Å²) in [4.78, 5) is 19.7. The van der Waals surface area contributed by atoms with Crippen molar-refractivity contribution in [3.8, 4) is 6.07 Å². The van der Waals surface area contributed by atoms with Gasteiger partial charge in [0.25, 0.3) is 0 Å². The van der Waals surface area contributed by atoms with Gasteiger partial charge < -0.3 is 11.1 Å². The minimum Gasteiger partial charge on any atom is -0.337 e. The summed E-state index contributed by atoms with van der Waals surface area (Å²) >= 11 is 0. The number of nitriles is 1. The van der Waals surface area contributed by atoms with Crippen molar-refractivity contribution in [2.45, 2.75) is 20.3 Å². The largest absolute Gasteiger partial charge is 0.337 e. The molecule has 1 aromatic rings. The van der Waals surface area contributed by atoms with Gasteiger partial charge in [-0.2, -0.15) is 10.2 Å². The Bertz CT molecular complexity index is 498. The van der Waals surface area contributed by atoms with Gasteiger partial charge >= 0.3 is 6.03 Å². The van der Waals surface area contributed by atoms with Gasteiger partial charge in [-0.25, -0.2) is 15.2 Å². The van der Waals surface area contributed by atoms with Crippen LogP contribution in [0.25, 0.3) is 0 Å². The molecule has 1 heterocycles. The molecule has 0 spiro atoms. The molecule has 1 aromatic heterocycles. The zero-order valence-corrected chi connectivity index (χ0v) is 12.3. The molecule has 0 unspecified atom stereocenters. The second-order valence-electron chi connectivity index (χ2n) is 4.86. The van der Waals surface area contributed by atoms with E-state index in [9.17, 15) is 4.79 Å². The van der Waals surface area contributed by atoms with Gasteiger partial charge in [0.15, 0.2) is 5.82 Å². The maximum Gasteiger partial charge on any atom is 0.333 e. The lowest BCUT2D eigenvalue weighted by Crippen LogP contribution is -2.49. The van der Waals surface area contributed by atoms with Gasteiger partial charge in [-0.05, 0) is 18.9 Å². The Morgan fingerprint density at radius 3 is 2.95 bits per heavy atom. The highest BCUT2D eigenvalue weighted by molar-refractivity contribution is 5.75. The molecular weight excluding hydrogens is 270 g/mol. The van der Waals surface area contributed by atoms with Crippen LogP contribution in [-0.2, 0) is 0 Å². The van der Waals surface area contributed by atoms with Crippen molar-refractivity contribution in [1.29, 1.82) is 5.26 Å². The van der Waals surface area contributed by atoms with E-state index in [1.165, 1.54) is 6.20 Å². The smallest absolute Gasteiger partial charge is 0.333 e. The van der Waals surface area contributed by atoms with Crippen LogP contribution >= 0.6 is 0 Å². The van der Waals surface area contributed by atoms with Crippen molar-refractivity contribution in [2.75, 3.05) is 24.6 Å². The third-order valence-corrected chi connectivity index (χ3v) is 2.47. The molecular formula is C13H21N7O. The number of anilines is 1. The lowest BCUT2D eigenvalue weighted by atomic mass is 10.2. The minimum absolute atomic E-state index is 0.0617. The Balaban J connectivity index is 2.75. The van der Waals surface area contributed by atoms with Crippen LogP contribution in [-0.4, -0.2) is 35.6 Å². The predicted octanol–water partition coefficient (Wildman–Crippen LogP) is 0.374. The fourth-order valence-electron chi connectivity index (χ4n) is 1.58. The van der Waals surface area contributed by atoms with Crippen molar-refractivity contribution in [2.24, 2.45) is 11.7 Å². The maximum atomic E-state index is 11.8. The Kier molecular flexibility index (Phi) is 6.91. The molecule has 114 valence electrons. The number of aromatic nitrogens is 2. The molecule has 0 aliphatic rings. The summed E-state index contributed by atoms with van der Waals surface area (Å²) in [6.45, 7) is 5.63. The van der Waals surface area contributed by atoms with E-state index in [-0.39, 0.29) is 11.9 Å². The monoisotopic (exact) mass is 291 g/mol. The quantitative estimate of drug-likeness (QED) is 0.493. The van der Waals surface area contributed by atoms with Gasteiger partial charge in [-0.3, -0.25) is 5.01 Å². The SMILES string of the molecule is CC(C)CN(NC(=O)NCCCN)c1ccnc(C#N)n1. The van der Waals surface area contributed by atoms with Crippen LogP contribution in [0.2, 0.25) is 0 Å². The van der Waals surface area contributed by atoms with Crippen molar-refractivity contribution in [1.82, 2.24) is 20.7 Å². The number of carbonyl (C=O) groups is 1. The molecule has 4 N–H and O–H groups in total. The number of hydrogen-bond acceptors (Lipinski definition) is 6. The molecule has 2 amide bonds. The fraction of sp³-hybridized carbons (Fsp3) is 0.538. The number of nitrogens with two attached hydrogens (primary N) is 1. The first kappa shape index (κ1) is 16.7. The van der Waals surface area contributed by atoms with E-state index in [1.807, 2.05) is 19.9 Å². The molecule has 0 saturated carbocycles. The van der Waals surface area contributed by atoms with E-state index in [0.29, 0.717) is 37.8 Å². The molecule has 0 aromatic carbocycles. The molecule has 0 saturated heterocycles. The van der Waals surface area contributed by atoms with Crippen molar-refractivity contribution in [3.05, 3.63) is 18.1 Å². The highest BCUT2D eigenvalue weighted by atomic mass is 16.2. The molecule has 21 heavy (non-hydrogen) atoms. The van der Waals surface area contributed by atoms with Gasteiger partial charge in [0.2, 0.25) is 5.82 Å². The number of nitrogens with zero attached hydrogens (tertiary/aromatic N) is 4. The number of rotatable bonds is 7. The summed E-state index contributed by atoms with van der Waals surface area (Å²) in [5.41, 5.74) is 8.09. The van der Waals surface area contributed by atoms with E-state index in [2.05, 4.69) is 20.7 Å². The summed E-state index contributed by atoms with van der Waals surface area (Å²) in [5, 5.41) is 13.2. The number of hydrazine groups is 1. The highest BCUT2D eigenvalue weighted by Crippen LogP contribution is 2.09. The van der Waals surface area contributed by atoms with Crippen molar-refractivity contribution in [3.63, 3.8) is 0 Å². The first-order chi connectivity index (χ1) is 10.1. The van der Waals surface area contributed by atoms with E-state index >= 15 is 0 Å². The van der Waals surface area contributed by atoms with Crippen LogP contribution in [0.1, 0.15) is 26.1 Å². The fourth-order valence-corrected chi connectivity index (χ4v) is 1.58. The van der Waals surface area contributed by atoms with Gasteiger partial charge in [0.05, 0.1) is 0 Å². The van der Waals surface area contributed by atoms with Gasteiger partial charge in [-0.1, -0.05) is 13.8 Å². The maximum absolute atomic E-state index is 11.8. The third kappa shape index (κ3) is 6.05. The lowest BCUT2D eigenvalue weighted by molar-refractivity contribution is 0.239. The number of urea groups is 1. The molecule has 0 aliphatic carbocycles. The zero-order chi connectivity index (χ0) is 15.7. The van der Waals surface area contributed by atoms with Crippen molar-refractivity contribution < 1.29 is 4.79 Å². The van der Waals surface area contributed by atoms with Crippen LogP contribution in [0.5, 0.6) is 0 Å². The average molecular weight is 291 g/mol. The predicted molar refractivity (Wildman–Crippen MR) is 79.1 cm³/mol. The van der Waals surface area contributed by atoms with Crippen LogP contribution in [0.15, 0.2) is 12.3 Å². The zero-order valence-electron chi connectivity index (χ0n) is 12.3. The Morgan fingerprint density at radius 1 is 1.57 bits per heavy atom. The second-order valence-corrected chi connectivity index (χ2v) is 4.86. The summed E-state index contributed by atoms with van der Waals surface area (Å²) in [6.07, 6.45) is 2.20. The van der Waals surface area contributed by atoms with Gasteiger partial charge in [-0.15, -0.1) is 0 Å². The first-order valence-electron chi connectivity index (χ1n) is 6.82. The average Bonchev–Trinajstić information content (AvgIpc) is 2.46. The van der Waals surface area contributed by atoms with Gasteiger partial charge in [0.1, 0.15) is 6.07 Å². The minimum atomic E-state index is -0.332. The van der Waals surface area contributed by atoms with Crippen LogP contribution in [0.3, 0.4) is 0 Å². The third-order valence-electron chi connectivity index (χ3n) is 2.47. The normalized spacial score (nSPS) is 10.0. The summed E-state index contributed by atoms with van der Waals surface area (Å²) in [6, 6.07) is 3.19. The molecule has 8 heteroatoms. The second kappa shape index (κ2) is 8.71. The summed E-state index contributed by atoms with van der Waals surface area (Å²) in [5.74, 6) is 0.839. The Hall–Kier alpha value is -2.40. The molecule has 0 fully saturated rings. The molecule has 0 atom stereocenters. The van der Waals surface area contributed by atoms with Gasteiger partial charge in [0, 0.05) is 25.4 Å². The standard InChI is InChI=1S/C13H21N7O/c1-10(2)9-20(19-13(21)17-6-3-5-14)12-4-7-16-11(8-15)18-12/h4,7,10H,3,5-6,9,14H2,1-2H3,(H2,17,19,21). The van der Waals surface area contributed by atoms with E-state index in [0.717, 1.165) is 0 Å². The van der Waals surface area contributed by atoms with E-state index < -0.39 is 0 Å². The Morgan fingerprint density at radius 2 is 2.33 bits per heavy atom. The number of nitrogens with one attached hydrogen (secondary N) is 2. The summed E-state index contributed by atoms with van der Waals surface area (Å²) < 4.78 is 0. The van der Waals surface area contributed by atoms with Crippen LogP contribution in [0, 0.1) is 17.2 Å². The van der Waals surface area contributed by atoms with E-state index in [1.54, 1.807) is 11.1 Å². The Labute approximate surface area is 124 Å². The highest BCUT2D eigenvalue weighted by Gasteiger charge is 2.13. The van der Waals surface area contributed by atoms with Crippen molar-refractivity contribution >= 4 is 11.8 Å². The molecule has 0 bridgehead atoms. The number of carbonyl (C=O) groups excluding carboxylic acids is 1. The summed E-state index contributed by atoms with van der Waals surface area (Å²) in [7, 11) is 0. The molecule has 1 rings (SSSR count). The van der Waals surface area contributed by atoms with E-state index in [4.69, 9.17) is 11.0 Å². The number of hydrogen-bond donors (Lipinski definition) is 3. The van der Waals surface area contributed by atoms with Crippen LogP contribution < -0.4 is 21.5 Å². The lowest BCUT2D eigenvalue weighted by Gasteiger charge is -2.26. The molecule has 0 aliphatic heterocycles. The first-order valence-corrected chi connectivity index (χ1v) is 6.82. The molecule has 0 radical (unpaired) electrons. The molecule has 8 nitrogen and oxygen atoms in total. The number of amides is 2. The van der Waals surface area contributed by atoms with Crippen LogP contribution in [0.4, 0.5) is 10.6 Å². The topological polar surface area (TPSA) is 120 Å².